The summed E-state index contributed by atoms with van der Waals surface area (Å²) in [5.41, 5.74) is 0.750. The molecular weight excluding hydrogens is 296 g/mol. The minimum Gasteiger partial charge on any atom is -0.414 e. The highest BCUT2D eigenvalue weighted by Crippen LogP contribution is 2.27. The summed E-state index contributed by atoms with van der Waals surface area (Å²) >= 11 is 0. The Labute approximate surface area is 137 Å². The van der Waals surface area contributed by atoms with Crippen molar-refractivity contribution in [2.24, 2.45) is 0 Å². The van der Waals surface area contributed by atoms with Gasteiger partial charge in [0, 0.05) is 12.5 Å². The maximum Gasteiger partial charge on any atom is 0.201 e. The van der Waals surface area contributed by atoms with Crippen LogP contribution in [0.25, 0.3) is 11.5 Å². The van der Waals surface area contributed by atoms with Crippen LogP contribution in [0, 0.1) is 0 Å². The monoisotopic (exact) mass is 322 g/mol. The minimum atomic E-state index is 0.280. The van der Waals surface area contributed by atoms with Gasteiger partial charge in [0.05, 0.1) is 6.61 Å². The molecule has 1 atom stereocenters. The first-order valence-electron chi connectivity index (χ1n) is 7.79. The van der Waals surface area contributed by atoms with Crippen molar-refractivity contribution in [3.8, 4) is 11.5 Å². The van der Waals surface area contributed by atoms with Crippen molar-refractivity contribution >= 4 is 5.82 Å². The molecule has 0 amide bonds. The maximum atomic E-state index is 5.18. The molecule has 8 heteroatoms. The normalized spacial score (nSPS) is 16.4. The van der Waals surface area contributed by atoms with Gasteiger partial charge in [-0.05, 0) is 21.0 Å². The van der Waals surface area contributed by atoms with E-state index in [0.29, 0.717) is 12.1 Å². The van der Waals surface area contributed by atoms with E-state index in [1.807, 2.05) is 21.0 Å². The molecule has 0 bridgehead atoms. The lowest BCUT2D eigenvalue weighted by molar-refractivity contribution is 0.164. The standard InChI is InChI=1S/C11H17N5O.C4H9NO/c1-5-12-10-8-11(16(17-4)6-13-10)15-9(14-8)7(2)3;1-5(2)4-3-6-4/h6-7,12H,5H2,1-4H3;4H,3H2,1-2H3. The molecule has 3 aliphatic rings. The Morgan fingerprint density at radius 3 is 2.57 bits per heavy atom. The summed E-state index contributed by atoms with van der Waals surface area (Å²) in [4.78, 5) is 20.5. The lowest BCUT2D eigenvalue weighted by Gasteiger charge is -2.11. The first-order valence-corrected chi connectivity index (χ1v) is 7.79. The maximum absolute atomic E-state index is 5.18. The van der Waals surface area contributed by atoms with E-state index in [0.717, 1.165) is 30.5 Å². The molecule has 128 valence electrons. The van der Waals surface area contributed by atoms with Crippen LogP contribution in [0.15, 0.2) is 6.33 Å². The second-order valence-electron chi connectivity index (χ2n) is 5.79. The van der Waals surface area contributed by atoms with E-state index in [1.165, 1.54) is 4.73 Å². The molecule has 3 aliphatic heterocycles. The lowest BCUT2D eigenvalue weighted by atomic mass is 10.2. The Morgan fingerprint density at radius 2 is 2.13 bits per heavy atom. The molecule has 0 saturated carbocycles. The highest BCUT2D eigenvalue weighted by molar-refractivity contribution is 5.67. The first-order chi connectivity index (χ1) is 11.0. The van der Waals surface area contributed by atoms with E-state index < -0.39 is 0 Å². The molecule has 3 rings (SSSR count). The highest BCUT2D eigenvalue weighted by Gasteiger charge is 2.24. The number of aromatic nitrogens is 4. The average Bonchev–Trinajstić information content (AvgIpc) is 3.27. The van der Waals surface area contributed by atoms with Crippen LogP contribution in [-0.4, -0.2) is 65.2 Å². The molecule has 1 fully saturated rings. The molecule has 0 aromatic rings. The van der Waals surface area contributed by atoms with Gasteiger partial charge in [0.1, 0.15) is 25.5 Å². The number of hydrogen-bond donors (Lipinski definition) is 1. The zero-order valence-corrected chi connectivity index (χ0v) is 14.7. The van der Waals surface area contributed by atoms with Gasteiger partial charge in [-0.3, -0.25) is 4.90 Å². The van der Waals surface area contributed by atoms with E-state index in [9.17, 15) is 0 Å². The number of nitrogens with zero attached hydrogens (tertiary/aromatic N) is 5. The van der Waals surface area contributed by atoms with Crippen LogP contribution in [0.4, 0.5) is 5.82 Å². The molecule has 1 N–H and O–H groups in total. The van der Waals surface area contributed by atoms with Crippen molar-refractivity contribution < 1.29 is 9.57 Å². The number of imidazole rings is 1. The average molecular weight is 322 g/mol. The van der Waals surface area contributed by atoms with E-state index in [-0.39, 0.29) is 5.92 Å². The Kier molecular flexibility index (Phi) is 5.73. The number of rotatable bonds is 5. The third-order valence-electron chi connectivity index (χ3n) is 3.33. The van der Waals surface area contributed by atoms with Gasteiger partial charge in [-0.2, -0.15) is 4.73 Å². The second-order valence-corrected chi connectivity index (χ2v) is 5.79. The van der Waals surface area contributed by atoms with Crippen LogP contribution >= 0.6 is 0 Å². The number of ether oxygens (including phenoxy) is 1. The summed E-state index contributed by atoms with van der Waals surface area (Å²) in [7, 11) is 5.60. The van der Waals surface area contributed by atoms with Crippen molar-refractivity contribution in [1.29, 1.82) is 0 Å². The number of hydrogen-bond acceptors (Lipinski definition) is 7. The predicted molar refractivity (Wildman–Crippen MR) is 88.6 cm³/mol. The Morgan fingerprint density at radius 1 is 1.43 bits per heavy atom. The fourth-order valence-electron chi connectivity index (χ4n) is 1.92. The van der Waals surface area contributed by atoms with Crippen LogP contribution in [0.2, 0.25) is 0 Å². The molecule has 0 aromatic carbocycles. The summed E-state index contributed by atoms with van der Waals surface area (Å²) in [6, 6.07) is 0. The van der Waals surface area contributed by atoms with Crippen LogP contribution < -0.4 is 10.2 Å². The Hall–Kier alpha value is -1.93. The van der Waals surface area contributed by atoms with Crippen LogP contribution in [0.5, 0.6) is 0 Å². The summed E-state index contributed by atoms with van der Waals surface area (Å²) < 4.78 is 6.42. The molecule has 0 radical (unpaired) electrons. The van der Waals surface area contributed by atoms with Crippen molar-refractivity contribution in [2.45, 2.75) is 32.9 Å². The topological polar surface area (TPSA) is 80.6 Å². The van der Waals surface area contributed by atoms with Crippen molar-refractivity contribution in [3.63, 3.8) is 0 Å². The molecule has 0 aromatic heterocycles. The van der Waals surface area contributed by atoms with Gasteiger partial charge >= 0.3 is 0 Å². The first kappa shape index (κ1) is 17.4. The minimum absolute atomic E-state index is 0.280. The van der Waals surface area contributed by atoms with Gasteiger partial charge in [-0.1, -0.05) is 13.8 Å². The lowest BCUT2D eigenvalue weighted by Crippen LogP contribution is -2.14. The van der Waals surface area contributed by atoms with Gasteiger partial charge < -0.3 is 14.9 Å². The van der Waals surface area contributed by atoms with E-state index >= 15 is 0 Å². The smallest absolute Gasteiger partial charge is 0.201 e. The van der Waals surface area contributed by atoms with E-state index in [2.05, 4.69) is 39.0 Å². The molecule has 1 unspecified atom stereocenters. The largest absolute Gasteiger partial charge is 0.414 e. The Balaban J connectivity index is 0.000000268. The zero-order chi connectivity index (χ0) is 17.0. The van der Waals surface area contributed by atoms with Gasteiger partial charge in [0.2, 0.25) is 5.82 Å². The summed E-state index contributed by atoms with van der Waals surface area (Å²) in [5.74, 6) is 2.53. The number of nitrogens with one attached hydrogen (secondary N) is 1. The summed E-state index contributed by atoms with van der Waals surface area (Å²) in [5, 5.41) is 3.17. The highest BCUT2D eigenvalue weighted by atomic mass is 16.6. The molecule has 1 saturated heterocycles. The SMILES string of the molecule is CCNc1ncn(OC)c2nc(C(C)C)nc1-2.CN(C)C1CO1. The number of epoxide rings is 1. The fourth-order valence-corrected chi connectivity index (χ4v) is 1.92. The van der Waals surface area contributed by atoms with Crippen molar-refractivity contribution in [2.75, 3.05) is 39.7 Å². The number of anilines is 1. The molecule has 0 spiro atoms. The zero-order valence-electron chi connectivity index (χ0n) is 14.7. The molecule has 0 aliphatic carbocycles. The molecule has 23 heavy (non-hydrogen) atoms. The van der Waals surface area contributed by atoms with Crippen LogP contribution in [0.1, 0.15) is 32.5 Å². The summed E-state index contributed by atoms with van der Waals surface area (Å²) in [6.07, 6.45) is 2.03. The van der Waals surface area contributed by atoms with Crippen LogP contribution in [-0.2, 0) is 4.74 Å². The second kappa shape index (κ2) is 7.56. The summed E-state index contributed by atoms with van der Waals surface area (Å²) in [6.45, 7) is 7.86. The molecule has 3 heterocycles. The van der Waals surface area contributed by atoms with Gasteiger partial charge in [0.15, 0.2) is 11.5 Å². The van der Waals surface area contributed by atoms with E-state index in [4.69, 9.17) is 9.57 Å². The van der Waals surface area contributed by atoms with Gasteiger partial charge in [0.25, 0.3) is 0 Å². The Bertz CT molecular complexity index is 594. The quantitative estimate of drug-likeness (QED) is 0.831. The van der Waals surface area contributed by atoms with Crippen molar-refractivity contribution in [1.82, 2.24) is 24.6 Å². The third-order valence-corrected chi connectivity index (χ3v) is 3.33. The predicted octanol–water partition coefficient (Wildman–Crippen LogP) is 1.30. The molecule has 8 nitrogen and oxygen atoms in total. The van der Waals surface area contributed by atoms with E-state index in [1.54, 1.807) is 13.4 Å². The van der Waals surface area contributed by atoms with Gasteiger partial charge in [-0.15, -0.1) is 0 Å². The van der Waals surface area contributed by atoms with Crippen LogP contribution in [0.3, 0.4) is 0 Å². The van der Waals surface area contributed by atoms with Gasteiger partial charge in [-0.25, -0.2) is 15.0 Å². The van der Waals surface area contributed by atoms with Crippen molar-refractivity contribution in [3.05, 3.63) is 12.2 Å². The molecular formula is C15H26N6O2. The fraction of sp³-hybridized carbons (Fsp3) is 0.667. The third kappa shape index (κ3) is 4.29. The number of likely N-dealkylation sites (N-methyl/N-ethyl adjacent to an activating group) is 1. The number of fused-ring (bicyclic) bond motifs is 1.